The van der Waals surface area contributed by atoms with E-state index >= 15 is 0 Å². The first-order valence-electron chi connectivity index (χ1n) is 5.33. The molecule has 0 atom stereocenters. The van der Waals surface area contributed by atoms with Gasteiger partial charge >= 0.3 is 0 Å². The normalized spacial score (nSPS) is 10.0. The Balaban J connectivity index is 2.38. The molecule has 0 amide bonds. The molecule has 5 nitrogen and oxygen atoms in total. The van der Waals surface area contributed by atoms with Crippen molar-refractivity contribution in [3.05, 3.63) is 41.3 Å². The zero-order valence-electron chi connectivity index (χ0n) is 10.1. The van der Waals surface area contributed by atoms with Gasteiger partial charge in [-0.25, -0.2) is 9.97 Å². The molecule has 0 radical (unpaired) electrons. The molecule has 0 unspecified atom stereocenters. The summed E-state index contributed by atoms with van der Waals surface area (Å²) in [5.41, 5.74) is 6.64. The van der Waals surface area contributed by atoms with Crippen molar-refractivity contribution in [2.75, 3.05) is 12.4 Å². The molecule has 7 heteroatoms. The average Bonchev–Trinajstić information content (AvgIpc) is 2.41. The quantitative estimate of drug-likeness (QED) is 0.844. The van der Waals surface area contributed by atoms with Crippen LogP contribution in [0, 0.1) is 0 Å². The molecule has 0 fully saturated rings. The van der Waals surface area contributed by atoms with Crippen molar-refractivity contribution in [2.45, 2.75) is 0 Å². The van der Waals surface area contributed by atoms with E-state index in [1.807, 2.05) is 0 Å². The molecule has 0 aliphatic heterocycles. The van der Waals surface area contributed by atoms with Gasteiger partial charge in [0.05, 0.1) is 17.8 Å². The van der Waals surface area contributed by atoms with Crippen molar-refractivity contribution >= 4 is 40.3 Å². The Morgan fingerprint density at radius 2 is 2.11 bits per heavy atom. The summed E-state index contributed by atoms with van der Waals surface area (Å²) in [6.07, 6.45) is 3.06. The van der Waals surface area contributed by atoms with Crippen LogP contribution in [0.3, 0.4) is 0 Å². The van der Waals surface area contributed by atoms with Crippen LogP contribution in [0.15, 0.2) is 30.6 Å². The van der Waals surface area contributed by atoms with E-state index in [0.29, 0.717) is 28.0 Å². The van der Waals surface area contributed by atoms with E-state index in [9.17, 15) is 0 Å². The van der Waals surface area contributed by atoms with Crippen molar-refractivity contribution in [1.29, 1.82) is 0 Å². The van der Waals surface area contributed by atoms with Crippen molar-refractivity contribution in [3.8, 4) is 5.75 Å². The minimum Gasteiger partial charge on any atom is -0.497 e. The van der Waals surface area contributed by atoms with Gasteiger partial charge in [-0.2, -0.15) is 0 Å². The number of aromatic nitrogens is 2. The van der Waals surface area contributed by atoms with Gasteiger partial charge in [-0.05, 0) is 12.1 Å². The van der Waals surface area contributed by atoms with Crippen LogP contribution in [0.25, 0.3) is 0 Å². The number of benzene rings is 1. The van der Waals surface area contributed by atoms with Crippen molar-refractivity contribution in [1.82, 2.24) is 9.97 Å². The molecule has 1 heterocycles. The Bertz CT molecular complexity index is 620. The lowest BCUT2D eigenvalue weighted by Gasteiger charge is -2.11. The van der Waals surface area contributed by atoms with Crippen molar-refractivity contribution < 1.29 is 4.74 Å². The summed E-state index contributed by atoms with van der Waals surface area (Å²) in [7, 11) is 1.58. The van der Waals surface area contributed by atoms with Crippen LogP contribution in [0.4, 0.5) is 11.5 Å². The lowest BCUT2D eigenvalue weighted by atomic mass is 10.3. The maximum absolute atomic E-state index is 6.10. The summed E-state index contributed by atoms with van der Waals surface area (Å²) in [6, 6.07) is 5.23. The SMILES string of the molecule is COc1ccc(Cl)c(Nc2nccnc2C(N)=S)c1. The van der Waals surface area contributed by atoms with Crippen LogP contribution < -0.4 is 15.8 Å². The van der Waals surface area contributed by atoms with Gasteiger partial charge in [-0.3, -0.25) is 0 Å². The smallest absolute Gasteiger partial charge is 0.159 e. The topological polar surface area (TPSA) is 73.1 Å². The molecule has 0 aliphatic rings. The molecule has 98 valence electrons. The Morgan fingerprint density at radius 1 is 1.37 bits per heavy atom. The molecule has 0 saturated carbocycles. The number of ether oxygens (including phenoxy) is 1. The van der Waals surface area contributed by atoms with Crippen LogP contribution in [-0.2, 0) is 0 Å². The fourth-order valence-corrected chi connectivity index (χ4v) is 1.78. The second-order valence-corrected chi connectivity index (χ2v) is 4.44. The molecule has 0 aliphatic carbocycles. The predicted octanol–water partition coefficient (Wildman–Crippen LogP) is 2.52. The average molecular weight is 295 g/mol. The summed E-state index contributed by atoms with van der Waals surface area (Å²) < 4.78 is 5.14. The fourth-order valence-electron chi connectivity index (χ4n) is 1.46. The minimum absolute atomic E-state index is 0.162. The number of anilines is 2. The number of halogens is 1. The maximum atomic E-state index is 6.10. The Hall–Kier alpha value is -1.92. The van der Waals surface area contributed by atoms with Gasteiger partial charge in [0.15, 0.2) is 5.82 Å². The van der Waals surface area contributed by atoms with E-state index in [2.05, 4.69) is 15.3 Å². The molecular weight excluding hydrogens is 284 g/mol. The first-order valence-corrected chi connectivity index (χ1v) is 6.12. The van der Waals surface area contributed by atoms with Gasteiger partial charge in [0.1, 0.15) is 16.4 Å². The van der Waals surface area contributed by atoms with Crippen molar-refractivity contribution in [3.63, 3.8) is 0 Å². The number of nitrogens with zero attached hydrogens (tertiary/aromatic N) is 2. The highest BCUT2D eigenvalue weighted by Crippen LogP contribution is 2.29. The molecule has 1 aromatic heterocycles. The highest BCUT2D eigenvalue weighted by molar-refractivity contribution is 7.80. The largest absolute Gasteiger partial charge is 0.497 e. The zero-order valence-corrected chi connectivity index (χ0v) is 11.6. The van der Waals surface area contributed by atoms with Gasteiger partial charge in [-0.15, -0.1) is 0 Å². The number of hydrogen-bond acceptors (Lipinski definition) is 5. The van der Waals surface area contributed by atoms with Crippen LogP contribution in [0.5, 0.6) is 5.75 Å². The fraction of sp³-hybridized carbons (Fsp3) is 0.0833. The second kappa shape index (κ2) is 5.81. The summed E-state index contributed by atoms with van der Waals surface area (Å²) >= 11 is 11.0. The van der Waals surface area contributed by atoms with Gasteiger partial charge in [-0.1, -0.05) is 23.8 Å². The monoisotopic (exact) mass is 294 g/mol. The highest BCUT2D eigenvalue weighted by Gasteiger charge is 2.10. The number of nitrogens with two attached hydrogens (primary N) is 1. The summed E-state index contributed by atoms with van der Waals surface area (Å²) in [5.74, 6) is 1.12. The molecule has 3 N–H and O–H groups in total. The standard InChI is InChI=1S/C12H11ClN4OS/c1-18-7-2-3-8(13)9(6-7)17-12-10(11(14)19)15-4-5-16-12/h2-6H,1H3,(H2,14,19)(H,16,17). The molecule has 19 heavy (non-hydrogen) atoms. The van der Waals surface area contributed by atoms with Gasteiger partial charge in [0.2, 0.25) is 0 Å². The lowest BCUT2D eigenvalue weighted by molar-refractivity contribution is 0.415. The van der Waals surface area contributed by atoms with E-state index in [-0.39, 0.29) is 4.99 Å². The van der Waals surface area contributed by atoms with Gasteiger partial charge in [0.25, 0.3) is 0 Å². The first kappa shape index (κ1) is 13.5. The van der Waals surface area contributed by atoms with Crippen LogP contribution >= 0.6 is 23.8 Å². The molecular formula is C12H11ClN4OS. The Morgan fingerprint density at radius 3 is 2.79 bits per heavy atom. The summed E-state index contributed by atoms with van der Waals surface area (Å²) in [4.78, 5) is 8.39. The minimum atomic E-state index is 0.162. The lowest BCUT2D eigenvalue weighted by Crippen LogP contribution is -2.15. The third kappa shape index (κ3) is 3.10. The predicted molar refractivity (Wildman–Crippen MR) is 79.2 cm³/mol. The third-order valence-corrected chi connectivity index (χ3v) is 2.88. The van der Waals surface area contributed by atoms with Gasteiger partial charge in [0, 0.05) is 18.5 Å². The number of methoxy groups -OCH3 is 1. The molecule has 0 bridgehead atoms. The van der Waals surface area contributed by atoms with Crippen LogP contribution in [0.1, 0.15) is 5.69 Å². The number of hydrogen-bond donors (Lipinski definition) is 2. The summed E-state index contributed by atoms with van der Waals surface area (Å²) in [6.45, 7) is 0. The second-order valence-electron chi connectivity index (χ2n) is 3.59. The molecule has 2 rings (SSSR count). The van der Waals surface area contributed by atoms with E-state index in [0.717, 1.165) is 0 Å². The van der Waals surface area contributed by atoms with E-state index in [1.165, 1.54) is 12.4 Å². The Labute approximate surface area is 120 Å². The number of thiocarbonyl (C=S) groups is 1. The number of rotatable bonds is 4. The van der Waals surface area contributed by atoms with Crippen LogP contribution in [0.2, 0.25) is 5.02 Å². The van der Waals surface area contributed by atoms with E-state index in [4.69, 9.17) is 34.3 Å². The molecule has 0 spiro atoms. The van der Waals surface area contributed by atoms with Crippen LogP contribution in [-0.4, -0.2) is 22.1 Å². The Kier molecular flexibility index (Phi) is 4.13. The zero-order chi connectivity index (χ0) is 13.8. The molecule has 0 saturated heterocycles. The maximum Gasteiger partial charge on any atom is 0.159 e. The highest BCUT2D eigenvalue weighted by atomic mass is 35.5. The third-order valence-electron chi connectivity index (χ3n) is 2.36. The molecule has 2 aromatic rings. The van der Waals surface area contributed by atoms with Gasteiger partial charge < -0.3 is 15.8 Å². The summed E-state index contributed by atoms with van der Waals surface area (Å²) in [5, 5.41) is 3.57. The van der Waals surface area contributed by atoms with E-state index < -0.39 is 0 Å². The molecule has 1 aromatic carbocycles. The first-order chi connectivity index (χ1) is 9.11. The number of nitrogens with one attached hydrogen (secondary N) is 1. The van der Waals surface area contributed by atoms with E-state index in [1.54, 1.807) is 25.3 Å². The van der Waals surface area contributed by atoms with Crippen molar-refractivity contribution in [2.24, 2.45) is 5.73 Å².